The minimum absolute atomic E-state index is 0.165. The molecule has 0 aliphatic carbocycles. The predicted molar refractivity (Wildman–Crippen MR) is 59.1 cm³/mol. The van der Waals surface area contributed by atoms with E-state index in [0.29, 0.717) is 24.9 Å². The van der Waals surface area contributed by atoms with Gasteiger partial charge in [-0.25, -0.2) is 0 Å². The lowest BCUT2D eigenvalue weighted by Gasteiger charge is -2.03. The van der Waals surface area contributed by atoms with Gasteiger partial charge in [0, 0.05) is 29.8 Å². The van der Waals surface area contributed by atoms with Gasteiger partial charge in [0.25, 0.3) is 5.91 Å². The van der Waals surface area contributed by atoms with Crippen molar-refractivity contribution in [2.45, 2.75) is 12.8 Å². The Bertz CT molecular complexity index is 386. The Morgan fingerprint density at radius 1 is 1.60 bits per heavy atom. The van der Waals surface area contributed by atoms with Gasteiger partial charge in [0.2, 0.25) is 0 Å². The topological polar surface area (TPSA) is 65.8 Å². The molecule has 0 atom stereocenters. The molecule has 1 aromatic heterocycles. The number of nitrogens with zero attached hydrogens (tertiary/aromatic N) is 2. The number of hydrogen-bond acceptors (Lipinski definition) is 3. The number of pyridine rings is 1. The molecule has 4 nitrogen and oxygen atoms in total. The lowest BCUT2D eigenvalue weighted by Crippen LogP contribution is -2.24. The molecule has 0 aliphatic rings. The number of nitrogens with one attached hydrogen (secondary N) is 1. The molecule has 0 aliphatic heterocycles. The molecule has 1 aromatic rings. The Morgan fingerprint density at radius 2 is 2.40 bits per heavy atom. The summed E-state index contributed by atoms with van der Waals surface area (Å²) in [6.45, 7) is 0.513. The summed E-state index contributed by atoms with van der Waals surface area (Å²) in [5.41, 5.74) is 0.515. The zero-order chi connectivity index (χ0) is 11.1. The second-order valence-corrected chi connectivity index (χ2v) is 3.83. The van der Waals surface area contributed by atoms with Gasteiger partial charge >= 0.3 is 0 Å². The van der Waals surface area contributed by atoms with Gasteiger partial charge in [-0.1, -0.05) is 0 Å². The Hall–Kier alpha value is -1.41. The number of nitriles is 1. The highest BCUT2D eigenvalue weighted by atomic mass is 79.9. The van der Waals surface area contributed by atoms with E-state index < -0.39 is 0 Å². The number of amides is 1. The van der Waals surface area contributed by atoms with Crippen LogP contribution >= 0.6 is 15.9 Å². The Morgan fingerprint density at radius 3 is 3.07 bits per heavy atom. The van der Waals surface area contributed by atoms with Crippen LogP contribution in [0.2, 0.25) is 0 Å². The second kappa shape index (κ2) is 6.14. The molecule has 1 heterocycles. The molecule has 78 valence electrons. The van der Waals surface area contributed by atoms with Crippen molar-refractivity contribution in [3.8, 4) is 6.07 Å². The maximum absolute atomic E-state index is 11.5. The van der Waals surface area contributed by atoms with Crippen LogP contribution in [0.15, 0.2) is 22.9 Å². The molecule has 1 N–H and O–H groups in total. The molecule has 0 fully saturated rings. The average molecular weight is 268 g/mol. The number of carbonyl (C=O) groups is 1. The van der Waals surface area contributed by atoms with E-state index in [1.165, 1.54) is 6.20 Å². The molecule has 0 saturated carbocycles. The van der Waals surface area contributed by atoms with Crippen LogP contribution < -0.4 is 5.32 Å². The van der Waals surface area contributed by atoms with Crippen LogP contribution in [0.5, 0.6) is 0 Å². The highest BCUT2D eigenvalue weighted by molar-refractivity contribution is 9.10. The van der Waals surface area contributed by atoms with Crippen LogP contribution in [0.25, 0.3) is 0 Å². The fourth-order valence-electron chi connectivity index (χ4n) is 1.01. The minimum Gasteiger partial charge on any atom is -0.352 e. The van der Waals surface area contributed by atoms with Crippen LogP contribution in [-0.4, -0.2) is 17.4 Å². The van der Waals surface area contributed by atoms with E-state index >= 15 is 0 Å². The van der Waals surface area contributed by atoms with E-state index in [-0.39, 0.29) is 5.91 Å². The maximum Gasteiger partial charge on any atom is 0.252 e. The number of halogens is 1. The molecule has 0 bridgehead atoms. The van der Waals surface area contributed by atoms with Crippen molar-refractivity contribution in [2.75, 3.05) is 6.54 Å². The van der Waals surface area contributed by atoms with Crippen LogP contribution in [0.3, 0.4) is 0 Å². The summed E-state index contributed by atoms with van der Waals surface area (Å²) in [6.07, 6.45) is 4.25. The standard InChI is InChI=1S/C10H10BrN3O/c11-9-5-8(6-13-7-9)10(15)14-4-2-1-3-12/h5-7H,1-2,4H2,(H,14,15). The normalized spacial score (nSPS) is 9.33. The zero-order valence-corrected chi connectivity index (χ0v) is 9.62. The molecule has 0 aromatic carbocycles. The molecule has 1 amide bonds. The van der Waals surface area contributed by atoms with E-state index in [9.17, 15) is 4.79 Å². The number of carbonyl (C=O) groups excluding carboxylic acids is 1. The summed E-state index contributed by atoms with van der Waals surface area (Å²) in [6, 6.07) is 3.72. The zero-order valence-electron chi connectivity index (χ0n) is 8.03. The van der Waals surface area contributed by atoms with Gasteiger partial charge in [0.05, 0.1) is 11.6 Å². The second-order valence-electron chi connectivity index (χ2n) is 2.91. The largest absolute Gasteiger partial charge is 0.352 e. The van der Waals surface area contributed by atoms with Gasteiger partial charge in [-0.3, -0.25) is 9.78 Å². The van der Waals surface area contributed by atoms with E-state index in [4.69, 9.17) is 5.26 Å². The minimum atomic E-state index is -0.165. The lowest BCUT2D eigenvalue weighted by molar-refractivity contribution is 0.0953. The third-order valence-corrected chi connectivity index (χ3v) is 2.15. The fourth-order valence-corrected chi connectivity index (χ4v) is 1.37. The summed E-state index contributed by atoms with van der Waals surface area (Å²) in [5, 5.41) is 11.0. The first-order valence-electron chi connectivity index (χ1n) is 4.49. The monoisotopic (exact) mass is 267 g/mol. The summed E-state index contributed by atoms with van der Waals surface area (Å²) in [4.78, 5) is 15.4. The smallest absolute Gasteiger partial charge is 0.252 e. The van der Waals surface area contributed by atoms with Crippen LogP contribution in [-0.2, 0) is 0 Å². The number of aromatic nitrogens is 1. The van der Waals surface area contributed by atoms with E-state index in [2.05, 4.69) is 26.2 Å². The molecular formula is C10H10BrN3O. The highest BCUT2D eigenvalue weighted by Gasteiger charge is 2.04. The number of rotatable bonds is 4. The first-order valence-corrected chi connectivity index (χ1v) is 5.29. The molecule has 1 rings (SSSR count). The maximum atomic E-state index is 11.5. The average Bonchev–Trinajstić information content (AvgIpc) is 2.24. The molecule has 0 unspecified atom stereocenters. The molecule has 5 heteroatoms. The van der Waals surface area contributed by atoms with Crippen LogP contribution in [0.4, 0.5) is 0 Å². The summed E-state index contributed by atoms with van der Waals surface area (Å²) in [5.74, 6) is -0.165. The van der Waals surface area contributed by atoms with Crippen molar-refractivity contribution in [3.63, 3.8) is 0 Å². The third kappa shape index (κ3) is 4.09. The van der Waals surface area contributed by atoms with Gasteiger partial charge in [-0.05, 0) is 28.4 Å². The molecule has 0 radical (unpaired) electrons. The van der Waals surface area contributed by atoms with Crippen LogP contribution in [0, 0.1) is 11.3 Å². The first-order chi connectivity index (χ1) is 7.24. The Balaban J connectivity index is 2.44. The molecule has 0 spiro atoms. The quantitative estimate of drug-likeness (QED) is 0.848. The van der Waals surface area contributed by atoms with Crippen LogP contribution in [0.1, 0.15) is 23.2 Å². The van der Waals surface area contributed by atoms with Crippen molar-refractivity contribution >= 4 is 21.8 Å². The van der Waals surface area contributed by atoms with E-state index in [0.717, 1.165) is 4.47 Å². The van der Waals surface area contributed by atoms with Crippen molar-refractivity contribution in [3.05, 3.63) is 28.5 Å². The lowest BCUT2D eigenvalue weighted by atomic mass is 10.2. The van der Waals surface area contributed by atoms with Gasteiger partial charge in [0.15, 0.2) is 0 Å². The first kappa shape index (κ1) is 11.7. The number of hydrogen-bond donors (Lipinski definition) is 1. The van der Waals surface area contributed by atoms with Crippen molar-refractivity contribution in [2.24, 2.45) is 0 Å². The van der Waals surface area contributed by atoms with E-state index in [1.54, 1.807) is 12.3 Å². The number of unbranched alkanes of at least 4 members (excludes halogenated alkanes) is 1. The fraction of sp³-hybridized carbons (Fsp3) is 0.300. The van der Waals surface area contributed by atoms with Crippen molar-refractivity contribution < 1.29 is 4.79 Å². The molecule has 0 saturated heterocycles. The summed E-state index contributed by atoms with van der Waals surface area (Å²) < 4.78 is 0.771. The summed E-state index contributed by atoms with van der Waals surface area (Å²) >= 11 is 3.24. The predicted octanol–water partition coefficient (Wildman–Crippen LogP) is 1.88. The summed E-state index contributed by atoms with van der Waals surface area (Å²) in [7, 11) is 0. The van der Waals surface area contributed by atoms with Gasteiger partial charge in [-0.2, -0.15) is 5.26 Å². The highest BCUT2D eigenvalue weighted by Crippen LogP contribution is 2.09. The van der Waals surface area contributed by atoms with Crippen molar-refractivity contribution in [1.29, 1.82) is 5.26 Å². The Labute approximate surface area is 96.4 Å². The van der Waals surface area contributed by atoms with Crippen molar-refractivity contribution in [1.82, 2.24) is 10.3 Å². The third-order valence-electron chi connectivity index (χ3n) is 1.72. The Kier molecular flexibility index (Phi) is 4.78. The van der Waals surface area contributed by atoms with Gasteiger partial charge in [-0.15, -0.1) is 0 Å². The van der Waals surface area contributed by atoms with Gasteiger partial charge in [0.1, 0.15) is 0 Å². The molecule has 15 heavy (non-hydrogen) atoms. The van der Waals surface area contributed by atoms with E-state index in [1.807, 2.05) is 6.07 Å². The van der Waals surface area contributed by atoms with Gasteiger partial charge < -0.3 is 5.32 Å². The molecular weight excluding hydrogens is 258 g/mol. The SMILES string of the molecule is N#CCCCNC(=O)c1cncc(Br)c1.